The summed E-state index contributed by atoms with van der Waals surface area (Å²) < 4.78 is 43.7. The van der Waals surface area contributed by atoms with Crippen molar-refractivity contribution in [2.24, 2.45) is 0 Å². The van der Waals surface area contributed by atoms with Crippen LogP contribution < -0.4 is 10.9 Å². The minimum absolute atomic E-state index is 0.0124. The highest BCUT2D eigenvalue weighted by atomic mass is 19.4. The third-order valence-electron chi connectivity index (χ3n) is 2.55. The quantitative estimate of drug-likeness (QED) is 0.769. The summed E-state index contributed by atoms with van der Waals surface area (Å²) in [6.07, 6.45) is -3.75. The van der Waals surface area contributed by atoms with Crippen LogP contribution in [0, 0.1) is 0 Å². The Kier molecular flexibility index (Phi) is 6.04. The summed E-state index contributed by atoms with van der Waals surface area (Å²) in [4.78, 5) is 11.5. The number of rotatable bonds is 7. The van der Waals surface area contributed by atoms with E-state index in [1.807, 2.05) is 0 Å². The fraction of sp³-hybridized carbons (Fsp3) is 0.583. The second kappa shape index (κ2) is 7.30. The number of methoxy groups -OCH3 is 1. The second-order valence-electron chi connectivity index (χ2n) is 4.00. The maximum absolute atomic E-state index is 12.7. The fourth-order valence-corrected chi connectivity index (χ4v) is 1.66. The molecule has 0 unspecified atom stereocenters. The molecule has 1 rings (SSSR count). The molecule has 0 spiro atoms. The fourth-order valence-electron chi connectivity index (χ4n) is 1.66. The molecule has 1 heterocycles. The van der Waals surface area contributed by atoms with E-state index >= 15 is 0 Å². The van der Waals surface area contributed by atoms with E-state index in [1.54, 1.807) is 7.11 Å². The molecule has 0 radical (unpaired) electrons. The van der Waals surface area contributed by atoms with Gasteiger partial charge in [-0.25, -0.2) is 0 Å². The molecule has 0 saturated carbocycles. The van der Waals surface area contributed by atoms with Gasteiger partial charge >= 0.3 is 6.18 Å². The van der Waals surface area contributed by atoms with Gasteiger partial charge < -0.3 is 14.6 Å². The smallest absolute Gasteiger partial charge is 0.385 e. The maximum Gasteiger partial charge on any atom is 0.431 e. The molecule has 1 aromatic rings. The number of pyridine rings is 1. The van der Waals surface area contributed by atoms with Crippen LogP contribution in [0.3, 0.4) is 0 Å². The zero-order valence-corrected chi connectivity index (χ0v) is 10.7. The van der Waals surface area contributed by atoms with Crippen LogP contribution >= 0.6 is 0 Å². The van der Waals surface area contributed by atoms with Crippen LogP contribution in [0.4, 0.5) is 13.2 Å². The number of aromatic nitrogens is 1. The van der Waals surface area contributed by atoms with Crippen LogP contribution in [0.15, 0.2) is 23.0 Å². The molecule has 1 N–H and O–H groups in total. The number of nitrogens with one attached hydrogen (secondary N) is 1. The Hall–Kier alpha value is -1.34. The molecule has 0 bridgehead atoms. The molecule has 0 saturated heterocycles. The van der Waals surface area contributed by atoms with E-state index < -0.39 is 17.4 Å². The largest absolute Gasteiger partial charge is 0.431 e. The highest BCUT2D eigenvalue weighted by molar-refractivity contribution is 5.10. The molecule has 0 aliphatic rings. The first-order valence-corrected chi connectivity index (χ1v) is 5.93. The average Bonchev–Trinajstić information content (AvgIpc) is 2.33. The van der Waals surface area contributed by atoms with Crippen molar-refractivity contribution in [3.05, 3.63) is 34.2 Å². The molecular weight excluding hydrogens is 261 g/mol. The molecule has 0 atom stereocenters. The zero-order chi connectivity index (χ0) is 14.3. The second-order valence-corrected chi connectivity index (χ2v) is 4.00. The number of nitrogens with zero attached hydrogens (tertiary/aromatic N) is 1. The molecule has 108 valence electrons. The molecular formula is C12H17F3N2O2. The monoisotopic (exact) mass is 278 g/mol. The zero-order valence-electron chi connectivity index (χ0n) is 10.7. The minimum Gasteiger partial charge on any atom is -0.385 e. The lowest BCUT2D eigenvalue weighted by Gasteiger charge is -2.15. The summed E-state index contributed by atoms with van der Waals surface area (Å²) in [6.45, 7) is 1.51. The third kappa shape index (κ3) is 5.04. The van der Waals surface area contributed by atoms with Crippen LogP contribution in [0.5, 0.6) is 0 Å². The lowest BCUT2D eigenvalue weighted by Crippen LogP contribution is -2.32. The predicted molar refractivity (Wildman–Crippen MR) is 65.1 cm³/mol. The van der Waals surface area contributed by atoms with E-state index in [4.69, 9.17) is 4.74 Å². The molecule has 7 heteroatoms. The number of ether oxygens (including phenoxy) is 1. The lowest BCUT2D eigenvalue weighted by molar-refractivity contribution is -0.144. The van der Waals surface area contributed by atoms with E-state index in [-0.39, 0.29) is 6.54 Å². The van der Waals surface area contributed by atoms with Gasteiger partial charge in [-0.3, -0.25) is 4.79 Å². The molecule has 0 aliphatic carbocycles. The maximum atomic E-state index is 12.7. The van der Waals surface area contributed by atoms with Crippen molar-refractivity contribution in [2.75, 3.05) is 26.8 Å². The summed E-state index contributed by atoms with van der Waals surface area (Å²) in [6, 6.07) is 3.15. The third-order valence-corrected chi connectivity index (χ3v) is 2.55. The number of alkyl halides is 3. The molecule has 0 amide bonds. The summed E-state index contributed by atoms with van der Waals surface area (Å²) in [5, 5.41) is 2.97. The number of hydrogen-bond donors (Lipinski definition) is 1. The minimum atomic E-state index is -4.52. The van der Waals surface area contributed by atoms with Gasteiger partial charge in [0, 0.05) is 32.9 Å². The van der Waals surface area contributed by atoms with Crippen LogP contribution in [0.25, 0.3) is 0 Å². The van der Waals surface area contributed by atoms with E-state index in [2.05, 4.69) is 5.32 Å². The van der Waals surface area contributed by atoms with Crippen molar-refractivity contribution >= 4 is 0 Å². The van der Waals surface area contributed by atoms with E-state index in [0.29, 0.717) is 19.7 Å². The van der Waals surface area contributed by atoms with Gasteiger partial charge in [0.1, 0.15) is 5.69 Å². The van der Waals surface area contributed by atoms with E-state index in [9.17, 15) is 18.0 Å². The van der Waals surface area contributed by atoms with E-state index in [0.717, 1.165) is 29.2 Å². The summed E-state index contributed by atoms with van der Waals surface area (Å²) in [7, 11) is 1.58. The van der Waals surface area contributed by atoms with Gasteiger partial charge in [-0.15, -0.1) is 0 Å². The van der Waals surface area contributed by atoms with Crippen LogP contribution in [-0.2, 0) is 17.5 Å². The van der Waals surface area contributed by atoms with Gasteiger partial charge in [0.2, 0.25) is 0 Å². The Morgan fingerprint density at radius 2 is 2.05 bits per heavy atom. The average molecular weight is 278 g/mol. The highest BCUT2D eigenvalue weighted by Crippen LogP contribution is 2.27. The highest BCUT2D eigenvalue weighted by Gasteiger charge is 2.33. The molecule has 0 aromatic carbocycles. The topological polar surface area (TPSA) is 43.3 Å². The normalized spacial score (nSPS) is 11.8. The van der Waals surface area contributed by atoms with Gasteiger partial charge in [-0.1, -0.05) is 6.07 Å². The Balaban J connectivity index is 2.60. The van der Waals surface area contributed by atoms with Crippen molar-refractivity contribution < 1.29 is 17.9 Å². The lowest BCUT2D eigenvalue weighted by atomic mass is 10.3. The van der Waals surface area contributed by atoms with Crippen molar-refractivity contribution in [1.82, 2.24) is 9.88 Å². The number of hydrogen-bond acceptors (Lipinski definition) is 3. The van der Waals surface area contributed by atoms with Crippen LogP contribution in [0.2, 0.25) is 0 Å². The van der Waals surface area contributed by atoms with Crippen LogP contribution in [-0.4, -0.2) is 31.4 Å². The summed E-state index contributed by atoms with van der Waals surface area (Å²) >= 11 is 0. The first-order valence-electron chi connectivity index (χ1n) is 5.93. The van der Waals surface area contributed by atoms with Gasteiger partial charge in [0.05, 0.1) is 0 Å². The van der Waals surface area contributed by atoms with Crippen molar-refractivity contribution in [1.29, 1.82) is 0 Å². The van der Waals surface area contributed by atoms with Crippen molar-refractivity contribution in [2.45, 2.75) is 19.1 Å². The van der Waals surface area contributed by atoms with Gasteiger partial charge in [0.15, 0.2) is 0 Å². The Morgan fingerprint density at radius 3 is 2.68 bits per heavy atom. The number of halogens is 3. The molecule has 0 aliphatic heterocycles. The van der Waals surface area contributed by atoms with Crippen molar-refractivity contribution in [3.8, 4) is 0 Å². The molecule has 4 nitrogen and oxygen atoms in total. The predicted octanol–water partition coefficient (Wildman–Crippen LogP) is 1.49. The molecule has 0 fully saturated rings. The first kappa shape index (κ1) is 15.7. The summed E-state index contributed by atoms with van der Waals surface area (Å²) in [5.41, 5.74) is -1.56. The standard InChI is InChI=1S/C12H17F3N2O2/c1-19-9-3-6-16-7-8-17-10(12(13,14)15)4-2-5-11(17)18/h2,4-5,16H,3,6-9H2,1H3. The Labute approximate surface area is 109 Å². The Bertz CT molecular complexity index is 443. The SMILES string of the molecule is COCCCNCCn1c(C(F)(F)F)cccc1=O. The van der Waals surface area contributed by atoms with Gasteiger partial charge in [-0.05, 0) is 19.0 Å². The Morgan fingerprint density at radius 1 is 1.32 bits per heavy atom. The first-order chi connectivity index (χ1) is 8.96. The molecule has 19 heavy (non-hydrogen) atoms. The van der Waals surface area contributed by atoms with Crippen LogP contribution in [0.1, 0.15) is 12.1 Å². The van der Waals surface area contributed by atoms with Gasteiger partial charge in [-0.2, -0.15) is 13.2 Å². The molecule has 1 aromatic heterocycles. The summed E-state index contributed by atoms with van der Waals surface area (Å²) in [5.74, 6) is 0. The van der Waals surface area contributed by atoms with Gasteiger partial charge in [0.25, 0.3) is 5.56 Å². The van der Waals surface area contributed by atoms with Crippen molar-refractivity contribution in [3.63, 3.8) is 0 Å². The van der Waals surface area contributed by atoms with E-state index in [1.165, 1.54) is 0 Å².